The third-order valence-corrected chi connectivity index (χ3v) is 6.96. The molecule has 29 heavy (non-hydrogen) atoms. The summed E-state index contributed by atoms with van der Waals surface area (Å²) in [5.74, 6) is -1.12. The predicted octanol–water partition coefficient (Wildman–Crippen LogP) is 2.48. The van der Waals surface area contributed by atoms with Crippen LogP contribution in [0.25, 0.3) is 0 Å². The molecule has 1 aromatic heterocycles. The number of carboxylic acids is 1. The van der Waals surface area contributed by atoms with Crippen molar-refractivity contribution in [2.75, 3.05) is 32.1 Å². The lowest BCUT2D eigenvalue weighted by atomic mass is 9.98. The number of carboxylic acid groups (broad SMARTS) is 1. The molecule has 1 amide bonds. The number of aromatic carboxylic acids is 1. The summed E-state index contributed by atoms with van der Waals surface area (Å²) in [5, 5.41) is 13.6. The number of aryl methyl sites for hydroxylation is 1. The lowest BCUT2D eigenvalue weighted by Crippen LogP contribution is -2.59. The predicted molar refractivity (Wildman–Crippen MR) is 115 cm³/mol. The molecule has 0 bridgehead atoms. The standard InChI is InChI=1S/C19H26ClN5O3S/c1-5-11-8-13(22-16(11)20)17(26)23-12-6-7-25(9-14(12)24(3)4)19-21-10(2)15(29-19)18(27)28/h12,14H,5-9H2,1-4H3,(H,23,26)(H,27,28)/t12-,14-/m1/s1. The second-order valence-electron chi connectivity index (χ2n) is 7.54. The normalized spacial score (nSPS) is 22.3. The van der Waals surface area contributed by atoms with E-state index in [-0.39, 0.29) is 22.9 Å². The summed E-state index contributed by atoms with van der Waals surface area (Å²) < 4.78 is 0. The number of hydrogen-bond donors (Lipinski definition) is 2. The van der Waals surface area contributed by atoms with Crippen LogP contribution in [0.4, 0.5) is 5.13 Å². The van der Waals surface area contributed by atoms with Crippen LogP contribution < -0.4 is 10.2 Å². The zero-order valence-corrected chi connectivity index (χ0v) is 18.6. The Labute approximate surface area is 179 Å². The number of piperidine rings is 1. The number of halogens is 1. The van der Waals surface area contributed by atoms with Gasteiger partial charge in [0.15, 0.2) is 5.13 Å². The summed E-state index contributed by atoms with van der Waals surface area (Å²) in [5.41, 5.74) is 1.99. The summed E-state index contributed by atoms with van der Waals surface area (Å²) in [6.07, 6.45) is 2.01. The molecule has 3 rings (SSSR count). The van der Waals surface area contributed by atoms with E-state index in [2.05, 4.69) is 25.1 Å². The van der Waals surface area contributed by atoms with Gasteiger partial charge >= 0.3 is 5.97 Å². The van der Waals surface area contributed by atoms with Gasteiger partial charge < -0.3 is 20.2 Å². The van der Waals surface area contributed by atoms with Gasteiger partial charge in [0.2, 0.25) is 0 Å². The number of carbonyl (C=O) groups is 2. The molecule has 2 aliphatic rings. The molecule has 2 atom stereocenters. The number of thiazole rings is 1. The SMILES string of the molecule is CCC1=C(Cl)N=C(C(=O)N[C@@H]2CCN(c3nc(C)c(C(=O)O)s3)C[C@H]2N(C)C)C1. The Kier molecular flexibility index (Phi) is 6.60. The zero-order valence-electron chi connectivity index (χ0n) is 17.0. The number of nitrogens with one attached hydrogen (secondary N) is 1. The maximum Gasteiger partial charge on any atom is 0.347 e. The first-order valence-corrected chi connectivity index (χ1v) is 10.8. The minimum atomic E-state index is -0.950. The fourth-order valence-electron chi connectivity index (χ4n) is 3.68. The highest BCUT2D eigenvalue weighted by Gasteiger charge is 2.34. The lowest BCUT2D eigenvalue weighted by molar-refractivity contribution is -0.116. The van der Waals surface area contributed by atoms with Crippen molar-refractivity contribution in [1.82, 2.24) is 15.2 Å². The first kappa shape index (κ1) is 21.7. The van der Waals surface area contributed by atoms with Gasteiger partial charge in [0.25, 0.3) is 5.91 Å². The van der Waals surface area contributed by atoms with Crippen LogP contribution in [-0.4, -0.2) is 71.8 Å². The molecule has 1 saturated heterocycles. The molecule has 8 nitrogen and oxygen atoms in total. The molecule has 2 aliphatic heterocycles. The Morgan fingerprint density at radius 1 is 1.41 bits per heavy atom. The van der Waals surface area contributed by atoms with Gasteiger partial charge in [-0.25, -0.2) is 14.8 Å². The van der Waals surface area contributed by atoms with Crippen LogP contribution in [-0.2, 0) is 4.79 Å². The molecule has 10 heteroatoms. The summed E-state index contributed by atoms with van der Waals surface area (Å²) in [6.45, 7) is 5.05. The quantitative estimate of drug-likeness (QED) is 0.661. The van der Waals surface area contributed by atoms with Gasteiger partial charge in [-0.1, -0.05) is 29.9 Å². The number of anilines is 1. The minimum Gasteiger partial charge on any atom is -0.477 e. The average Bonchev–Trinajstić information content (AvgIpc) is 3.24. The van der Waals surface area contributed by atoms with Crippen molar-refractivity contribution in [3.63, 3.8) is 0 Å². The first-order chi connectivity index (χ1) is 13.7. The molecule has 0 radical (unpaired) electrons. The van der Waals surface area contributed by atoms with Gasteiger partial charge in [-0.3, -0.25) is 4.79 Å². The summed E-state index contributed by atoms with van der Waals surface area (Å²) in [7, 11) is 3.95. The van der Waals surface area contributed by atoms with Crippen LogP contribution in [0.2, 0.25) is 0 Å². The number of rotatable bonds is 6. The molecule has 158 valence electrons. The molecule has 3 heterocycles. The number of hydrogen-bond acceptors (Lipinski definition) is 7. The van der Waals surface area contributed by atoms with Crippen LogP contribution >= 0.6 is 22.9 Å². The molecule has 0 aliphatic carbocycles. The van der Waals surface area contributed by atoms with Crippen molar-refractivity contribution >= 4 is 45.7 Å². The Morgan fingerprint density at radius 2 is 2.14 bits per heavy atom. The number of nitrogens with zero attached hydrogens (tertiary/aromatic N) is 4. The van der Waals surface area contributed by atoms with Crippen molar-refractivity contribution < 1.29 is 14.7 Å². The van der Waals surface area contributed by atoms with E-state index in [0.29, 0.717) is 41.2 Å². The highest BCUT2D eigenvalue weighted by atomic mass is 35.5. The van der Waals surface area contributed by atoms with Crippen molar-refractivity contribution in [3.05, 3.63) is 21.3 Å². The Hall–Kier alpha value is -1.97. The van der Waals surface area contributed by atoms with Gasteiger partial charge in [0, 0.05) is 31.6 Å². The van der Waals surface area contributed by atoms with Gasteiger partial charge in [0.05, 0.1) is 5.69 Å². The number of allylic oxidation sites excluding steroid dienone is 1. The summed E-state index contributed by atoms with van der Waals surface area (Å²) in [4.78, 5) is 37.2. The van der Waals surface area contributed by atoms with Crippen molar-refractivity contribution in [1.29, 1.82) is 0 Å². The summed E-state index contributed by atoms with van der Waals surface area (Å²) >= 11 is 7.31. The fourth-order valence-corrected chi connectivity index (χ4v) is 4.92. The van der Waals surface area contributed by atoms with E-state index in [0.717, 1.165) is 18.4 Å². The van der Waals surface area contributed by atoms with Crippen molar-refractivity contribution in [2.24, 2.45) is 4.99 Å². The molecule has 0 unspecified atom stereocenters. The highest BCUT2D eigenvalue weighted by Crippen LogP contribution is 2.30. The van der Waals surface area contributed by atoms with E-state index in [4.69, 9.17) is 11.6 Å². The molecular formula is C19H26ClN5O3S. The fraction of sp³-hybridized carbons (Fsp3) is 0.579. The summed E-state index contributed by atoms with van der Waals surface area (Å²) in [6, 6.07) is 0.0159. The molecule has 1 fully saturated rings. The van der Waals surface area contributed by atoms with E-state index in [9.17, 15) is 14.7 Å². The smallest absolute Gasteiger partial charge is 0.347 e. The minimum absolute atomic E-state index is 0.0408. The third-order valence-electron chi connectivity index (χ3n) is 5.41. The molecule has 0 aromatic carbocycles. The van der Waals surface area contributed by atoms with Crippen LogP contribution in [0.3, 0.4) is 0 Å². The van der Waals surface area contributed by atoms with E-state index in [1.165, 1.54) is 11.3 Å². The Bertz CT molecular complexity index is 879. The van der Waals surface area contributed by atoms with Gasteiger partial charge in [0.1, 0.15) is 15.7 Å². The number of amides is 1. The first-order valence-electron chi connectivity index (χ1n) is 9.59. The van der Waals surface area contributed by atoms with Gasteiger partial charge in [-0.05, 0) is 39.4 Å². The van der Waals surface area contributed by atoms with E-state index in [1.54, 1.807) is 6.92 Å². The second-order valence-corrected chi connectivity index (χ2v) is 8.88. The lowest BCUT2D eigenvalue weighted by Gasteiger charge is -2.41. The van der Waals surface area contributed by atoms with Crippen LogP contribution in [0.15, 0.2) is 15.7 Å². The second kappa shape index (κ2) is 8.81. The van der Waals surface area contributed by atoms with Crippen LogP contribution in [0.1, 0.15) is 41.6 Å². The molecule has 0 spiro atoms. The number of likely N-dealkylation sites (N-methyl/N-ethyl adjacent to an activating group) is 1. The highest BCUT2D eigenvalue weighted by molar-refractivity contribution is 7.17. The van der Waals surface area contributed by atoms with E-state index >= 15 is 0 Å². The Balaban J connectivity index is 1.68. The van der Waals surface area contributed by atoms with Gasteiger partial charge in [-0.15, -0.1) is 0 Å². The number of aliphatic imine (C=N–C) groups is 1. The molecule has 2 N–H and O–H groups in total. The maximum atomic E-state index is 12.7. The van der Waals surface area contributed by atoms with Crippen molar-refractivity contribution in [3.8, 4) is 0 Å². The topological polar surface area (TPSA) is 98.1 Å². The molecular weight excluding hydrogens is 414 g/mol. The number of aromatic nitrogens is 1. The largest absolute Gasteiger partial charge is 0.477 e. The van der Waals surface area contributed by atoms with Crippen molar-refractivity contribution in [2.45, 2.75) is 45.2 Å². The maximum absolute atomic E-state index is 12.7. The van der Waals surface area contributed by atoms with E-state index in [1.807, 2.05) is 21.0 Å². The number of carbonyl (C=O) groups excluding carboxylic acids is 1. The van der Waals surface area contributed by atoms with Gasteiger partial charge in [-0.2, -0.15) is 0 Å². The van der Waals surface area contributed by atoms with Crippen LogP contribution in [0, 0.1) is 6.92 Å². The third kappa shape index (κ3) is 4.62. The van der Waals surface area contributed by atoms with E-state index < -0.39 is 5.97 Å². The molecule has 1 aromatic rings. The Morgan fingerprint density at radius 3 is 2.69 bits per heavy atom. The monoisotopic (exact) mass is 439 g/mol. The zero-order chi connectivity index (χ0) is 21.3. The molecule has 0 saturated carbocycles. The average molecular weight is 440 g/mol. The van der Waals surface area contributed by atoms with Crippen LogP contribution in [0.5, 0.6) is 0 Å².